The lowest BCUT2D eigenvalue weighted by atomic mass is 9.96. The van der Waals surface area contributed by atoms with Gasteiger partial charge in [0.1, 0.15) is 0 Å². The van der Waals surface area contributed by atoms with Crippen LogP contribution in [0.1, 0.15) is 18.1 Å². The first-order valence-corrected chi connectivity index (χ1v) is 6.33. The predicted molar refractivity (Wildman–Crippen MR) is 70.1 cm³/mol. The maximum atomic E-state index is 5.21. The van der Waals surface area contributed by atoms with Crippen molar-refractivity contribution < 1.29 is 4.74 Å². The van der Waals surface area contributed by atoms with Crippen LogP contribution in [0.25, 0.3) is 0 Å². The van der Waals surface area contributed by atoms with Gasteiger partial charge in [-0.3, -0.25) is 0 Å². The highest BCUT2D eigenvalue weighted by Gasteiger charge is 2.16. The molecular weight excluding hydrogens is 212 g/mol. The molecule has 1 aromatic carbocycles. The Morgan fingerprint density at radius 2 is 2.18 bits per heavy atom. The first-order chi connectivity index (χ1) is 8.29. The molecule has 2 unspecified atom stereocenters. The van der Waals surface area contributed by atoms with Crippen molar-refractivity contribution in [1.29, 1.82) is 0 Å². The Labute approximate surface area is 104 Å². The summed E-state index contributed by atoms with van der Waals surface area (Å²) in [6.45, 7) is 4.98. The minimum atomic E-state index is 0.283. The van der Waals surface area contributed by atoms with Gasteiger partial charge >= 0.3 is 0 Å². The molecule has 0 saturated heterocycles. The third-order valence-electron chi connectivity index (χ3n) is 3.39. The second kappa shape index (κ2) is 6.15. The van der Waals surface area contributed by atoms with Gasteiger partial charge in [-0.1, -0.05) is 24.3 Å². The fourth-order valence-electron chi connectivity index (χ4n) is 2.21. The lowest BCUT2D eigenvalue weighted by molar-refractivity contribution is 0.116. The molecule has 1 aromatic rings. The number of hydrogen-bond acceptors (Lipinski definition) is 3. The molecule has 1 aliphatic rings. The molecule has 17 heavy (non-hydrogen) atoms. The van der Waals surface area contributed by atoms with Crippen molar-refractivity contribution in [3.8, 4) is 0 Å². The summed E-state index contributed by atoms with van der Waals surface area (Å²) in [5.74, 6) is 0. The second-order valence-corrected chi connectivity index (χ2v) is 4.76. The summed E-state index contributed by atoms with van der Waals surface area (Å²) in [6.07, 6.45) is 1.40. The third-order valence-corrected chi connectivity index (χ3v) is 3.39. The number of hydrogen-bond donors (Lipinski definition) is 2. The summed E-state index contributed by atoms with van der Waals surface area (Å²) >= 11 is 0. The van der Waals surface area contributed by atoms with Gasteiger partial charge in [0, 0.05) is 32.8 Å². The van der Waals surface area contributed by atoms with E-state index in [0.717, 1.165) is 26.1 Å². The average molecular weight is 234 g/mol. The molecule has 0 bridgehead atoms. The molecule has 2 N–H and O–H groups in total. The number of fused-ring (bicyclic) bond motifs is 1. The van der Waals surface area contributed by atoms with E-state index in [4.69, 9.17) is 4.74 Å². The largest absolute Gasteiger partial charge is 0.380 e. The van der Waals surface area contributed by atoms with E-state index in [9.17, 15) is 0 Å². The molecule has 0 amide bonds. The Balaban J connectivity index is 1.78. The smallest absolute Gasteiger partial charge is 0.0667 e. The van der Waals surface area contributed by atoms with Gasteiger partial charge in [0.2, 0.25) is 0 Å². The van der Waals surface area contributed by atoms with Crippen LogP contribution in [0.15, 0.2) is 24.3 Å². The van der Waals surface area contributed by atoms with Crippen LogP contribution >= 0.6 is 0 Å². The molecule has 2 atom stereocenters. The molecular formula is C14H22N2O. The van der Waals surface area contributed by atoms with Crippen LogP contribution in [0.3, 0.4) is 0 Å². The first kappa shape index (κ1) is 12.6. The van der Waals surface area contributed by atoms with Gasteiger partial charge in [0.15, 0.2) is 0 Å². The average Bonchev–Trinajstić information content (AvgIpc) is 2.38. The number of methoxy groups -OCH3 is 1. The summed E-state index contributed by atoms with van der Waals surface area (Å²) in [5.41, 5.74) is 2.92. The van der Waals surface area contributed by atoms with Crippen molar-refractivity contribution in [2.75, 3.05) is 20.2 Å². The van der Waals surface area contributed by atoms with Crippen LogP contribution in [0.5, 0.6) is 0 Å². The maximum Gasteiger partial charge on any atom is 0.0667 e. The van der Waals surface area contributed by atoms with E-state index in [2.05, 4.69) is 41.8 Å². The fraction of sp³-hybridized carbons (Fsp3) is 0.571. The lowest BCUT2D eigenvalue weighted by Gasteiger charge is -2.26. The quantitative estimate of drug-likeness (QED) is 0.806. The highest BCUT2D eigenvalue weighted by Crippen LogP contribution is 2.15. The Hall–Kier alpha value is -0.900. The van der Waals surface area contributed by atoms with E-state index in [-0.39, 0.29) is 6.10 Å². The minimum Gasteiger partial charge on any atom is -0.380 e. The number of ether oxygens (including phenoxy) is 1. The molecule has 1 heterocycles. The lowest BCUT2D eigenvalue weighted by Crippen LogP contribution is -2.44. The van der Waals surface area contributed by atoms with Crippen molar-refractivity contribution in [2.24, 2.45) is 0 Å². The van der Waals surface area contributed by atoms with E-state index in [1.54, 1.807) is 7.11 Å². The molecule has 94 valence electrons. The highest BCUT2D eigenvalue weighted by molar-refractivity contribution is 5.29. The normalized spacial score (nSPS) is 20.9. The molecule has 0 aliphatic carbocycles. The van der Waals surface area contributed by atoms with Gasteiger partial charge in [-0.05, 0) is 24.5 Å². The van der Waals surface area contributed by atoms with Crippen LogP contribution in [0.4, 0.5) is 0 Å². The summed E-state index contributed by atoms with van der Waals surface area (Å²) in [5, 5.41) is 7.01. The first-order valence-electron chi connectivity index (χ1n) is 6.33. The van der Waals surface area contributed by atoms with Crippen molar-refractivity contribution >= 4 is 0 Å². The number of rotatable bonds is 5. The summed E-state index contributed by atoms with van der Waals surface area (Å²) < 4.78 is 5.21. The molecule has 0 saturated carbocycles. The molecule has 0 fully saturated rings. The van der Waals surface area contributed by atoms with Crippen LogP contribution in [-0.2, 0) is 17.7 Å². The monoisotopic (exact) mass is 234 g/mol. The van der Waals surface area contributed by atoms with Crippen LogP contribution in [0.2, 0.25) is 0 Å². The fourth-order valence-corrected chi connectivity index (χ4v) is 2.21. The standard InChI is InChI=1S/C14H22N2O/c1-11(17-2)8-15-10-14-7-12-5-3-4-6-13(12)9-16-14/h3-6,11,14-16H,7-10H2,1-2H3. The zero-order valence-corrected chi connectivity index (χ0v) is 10.7. The Morgan fingerprint density at radius 1 is 1.41 bits per heavy atom. The molecule has 3 nitrogen and oxygen atoms in total. The van der Waals surface area contributed by atoms with E-state index < -0.39 is 0 Å². The van der Waals surface area contributed by atoms with Gasteiger partial charge < -0.3 is 15.4 Å². The Kier molecular flexibility index (Phi) is 4.54. The molecule has 3 heteroatoms. The van der Waals surface area contributed by atoms with Crippen molar-refractivity contribution in [3.63, 3.8) is 0 Å². The second-order valence-electron chi connectivity index (χ2n) is 4.76. The summed E-state index contributed by atoms with van der Waals surface area (Å²) in [6, 6.07) is 9.22. The van der Waals surface area contributed by atoms with E-state index >= 15 is 0 Å². The number of nitrogens with one attached hydrogen (secondary N) is 2. The number of benzene rings is 1. The van der Waals surface area contributed by atoms with Gasteiger partial charge in [0.25, 0.3) is 0 Å². The Bertz CT molecular complexity index is 354. The molecule has 2 rings (SSSR count). The highest BCUT2D eigenvalue weighted by atomic mass is 16.5. The molecule has 0 aromatic heterocycles. The van der Waals surface area contributed by atoms with Crippen molar-refractivity contribution in [1.82, 2.24) is 10.6 Å². The predicted octanol–water partition coefficient (Wildman–Crippen LogP) is 1.33. The van der Waals surface area contributed by atoms with Gasteiger partial charge in [-0.15, -0.1) is 0 Å². The third kappa shape index (κ3) is 3.53. The molecule has 0 spiro atoms. The van der Waals surface area contributed by atoms with Gasteiger partial charge in [0.05, 0.1) is 6.10 Å². The Morgan fingerprint density at radius 3 is 2.94 bits per heavy atom. The van der Waals surface area contributed by atoms with Crippen molar-refractivity contribution in [3.05, 3.63) is 35.4 Å². The summed E-state index contributed by atoms with van der Waals surface area (Å²) in [4.78, 5) is 0. The van der Waals surface area contributed by atoms with Crippen LogP contribution in [0, 0.1) is 0 Å². The summed E-state index contributed by atoms with van der Waals surface area (Å²) in [7, 11) is 1.75. The maximum absolute atomic E-state index is 5.21. The van der Waals surface area contributed by atoms with Crippen molar-refractivity contribution in [2.45, 2.75) is 32.0 Å². The zero-order chi connectivity index (χ0) is 12.1. The molecule has 1 aliphatic heterocycles. The van der Waals surface area contributed by atoms with Crippen LogP contribution < -0.4 is 10.6 Å². The van der Waals surface area contributed by atoms with Crippen LogP contribution in [-0.4, -0.2) is 32.3 Å². The SMILES string of the molecule is COC(C)CNCC1Cc2ccccc2CN1. The minimum absolute atomic E-state index is 0.283. The topological polar surface area (TPSA) is 33.3 Å². The molecule has 0 radical (unpaired) electrons. The van der Waals surface area contributed by atoms with E-state index in [1.807, 2.05) is 0 Å². The van der Waals surface area contributed by atoms with E-state index in [1.165, 1.54) is 11.1 Å². The van der Waals surface area contributed by atoms with Gasteiger partial charge in [-0.2, -0.15) is 0 Å². The zero-order valence-electron chi connectivity index (χ0n) is 10.7. The van der Waals surface area contributed by atoms with E-state index in [0.29, 0.717) is 6.04 Å². The van der Waals surface area contributed by atoms with Gasteiger partial charge in [-0.25, -0.2) is 0 Å².